The van der Waals surface area contributed by atoms with Crippen molar-refractivity contribution in [3.8, 4) is 0 Å². The number of nitrogens with one attached hydrogen (secondary N) is 1. The molecule has 5 nitrogen and oxygen atoms in total. The lowest BCUT2D eigenvalue weighted by molar-refractivity contribution is -0.143. The second kappa shape index (κ2) is 7.87. The second-order valence-electron chi connectivity index (χ2n) is 7.62. The highest BCUT2D eigenvalue weighted by molar-refractivity contribution is 7.09. The number of carbonyl (C=O) groups excluding carboxylic acids is 1. The van der Waals surface area contributed by atoms with E-state index in [2.05, 4.69) is 15.2 Å². The van der Waals surface area contributed by atoms with Gasteiger partial charge in [0.1, 0.15) is 0 Å². The van der Waals surface area contributed by atoms with Crippen molar-refractivity contribution in [2.24, 2.45) is 5.41 Å². The number of hydrogen-bond acceptors (Lipinski definition) is 5. The minimum absolute atomic E-state index is 0.136. The van der Waals surface area contributed by atoms with Gasteiger partial charge in [-0.15, -0.1) is 11.3 Å². The number of ether oxygens (including phenoxy) is 1. The molecule has 2 saturated heterocycles. The zero-order valence-electron chi connectivity index (χ0n) is 15.4. The van der Waals surface area contributed by atoms with Crippen LogP contribution < -0.4 is 5.32 Å². The second-order valence-corrected chi connectivity index (χ2v) is 9.00. The quantitative estimate of drug-likeness (QED) is 0.802. The monoisotopic (exact) mass is 405 g/mol. The van der Waals surface area contributed by atoms with Gasteiger partial charge >= 0.3 is 0 Å². The van der Waals surface area contributed by atoms with Crippen LogP contribution in [0.15, 0.2) is 29.8 Å². The number of amides is 1. The lowest BCUT2D eigenvalue weighted by Crippen LogP contribution is -2.64. The molecule has 0 saturated carbocycles. The highest BCUT2D eigenvalue weighted by atomic mass is 35.5. The van der Waals surface area contributed by atoms with Gasteiger partial charge in [0.05, 0.1) is 29.3 Å². The van der Waals surface area contributed by atoms with Crippen LogP contribution in [0.1, 0.15) is 22.6 Å². The molecule has 0 spiro atoms. The Morgan fingerprint density at radius 3 is 2.81 bits per heavy atom. The lowest BCUT2D eigenvalue weighted by atomic mass is 9.73. The fourth-order valence-electron chi connectivity index (χ4n) is 3.92. The van der Waals surface area contributed by atoms with E-state index in [1.807, 2.05) is 36.7 Å². The molecule has 144 valence electrons. The van der Waals surface area contributed by atoms with Crippen molar-refractivity contribution in [3.63, 3.8) is 0 Å². The smallest absolute Gasteiger partial charge is 0.229 e. The Morgan fingerprint density at radius 1 is 1.41 bits per heavy atom. The maximum Gasteiger partial charge on any atom is 0.229 e. The molecule has 27 heavy (non-hydrogen) atoms. The summed E-state index contributed by atoms with van der Waals surface area (Å²) in [6.07, 6.45) is 1.62. The summed E-state index contributed by atoms with van der Waals surface area (Å²) < 4.78 is 5.41. The van der Waals surface area contributed by atoms with Crippen molar-refractivity contribution in [1.29, 1.82) is 0 Å². The van der Waals surface area contributed by atoms with Gasteiger partial charge < -0.3 is 10.1 Å². The van der Waals surface area contributed by atoms with E-state index in [1.165, 1.54) is 4.88 Å². The molecule has 0 aliphatic carbocycles. The molecule has 1 aromatic carbocycles. The van der Waals surface area contributed by atoms with Crippen LogP contribution in [0.4, 0.5) is 0 Å². The van der Waals surface area contributed by atoms with Crippen molar-refractivity contribution in [1.82, 2.24) is 15.2 Å². The van der Waals surface area contributed by atoms with Crippen LogP contribution in [0.3, 0.4) is 0 Å². The molecule has 7 heteroatoms. The van der Waals surface area contributed by atoms with Gasteiger partial charge in [-0.2, -0.15) is 0 Å². The largest absolute Gasteiger partial charge is 0.379 e. The van der Waals surface area contributed by atoms with Crippen molar-refractivity contribution in [2.45, 2.75) is 32.4 Å². The molecule has 1 amide bonds. The molecule has 2 aromatic rings. The number of likely N-dealkylation sites (tertiary alicyclic amines) is 1. The molecule has 0 radical (unpaired) electrons. The van der Waals surface area contributed by atoms with Crippen molar-refractivity contribution in [2.75, 3.05) is 26.3 Å². The molecule has 0 bridgehead atoms. The number of aromatic nitrogens is 1. The molecular formula is C20H24ClN3O2S. The molecular weight excluding hydrogens is 382 g/mol. The molecule has 2 aliphatic heterocycles. The van der Waals surface area contributed by atoms with Gasteiger partial charge in [0, 0.05) is 36.1 Å². The first-order valence-electron chi connectivity index (χ1n) is 9.29. The zero-order chi connectivity index (χ0) is 18.9. The number of rotatable bonds is 6. The molecule has 2 fully saturated rings. The van der Waals surface area contributed by atoms with E-state index in [-0.39, 0.29) is 11.9 Å². The number of halogens is 1. The fraction of sp³-hybridized carbons (Fsp3) is 0.500. The van der Waals surface area contributed by atoms with Crippen LogP contribution in [0.5, 0.6) is 0 Å². The summed E-state index contributed by atoms with van der Waals surface area (Å²) in [6, 6.07) is 7.96. The summed E-state index contributed by atoms with van der Waals surface area (Å²) in [5.74, 6) is 0.144. The van der Waals surface area contributed by atoms with Gasteiger partial charge in [-0.1, -0.05) is 23.7 Å². The lowest BCUT2D eigenvalue weighted by Gasteiger charge is -2.49. The van der Waals surface area contributed by atoms with Crippen molar-refractivity contribution in [3.05, 3.63) is 50.9 Å². The van der Waals surface area contributed by atoms with E-state index in [0.717, 1.165) is 55.4 Å². The average Bonchev–Trinajstić information content (AvgIpc) is 3.26. The first-order valence-corrected chi connectivity index (χ1v) is 10.5. The van der Waals surface area contributed by atoms with Crippen LogP contribution in [-0.2, 0) is 22.5 Å². The average molecular weight is 406 g/mol. The van der Waals surface area contributed by atoms with Crippen LogP contribution in [-0.4, -0.2) is 48.1 Å². The number of thiazole rings is 1. The van der Waals surface area contributed by atoms with Gasteiger partial charge in [0.25, 0.3) is 0 Å². The van der Waals surface area contributed by atoms with E-state index in [9.17, 15) is 4.79 Å². The number of nitrogens with zero attached hydrogens (tertiary/aromatic N) is 2. The fourth-order valence-corrected chi connectivity index (χ4v) is 4.86. The van der Waals surface area contributed by atoms with E-state index in [0.29, 0.717) is 6.61 Å². The van der Waals surface area contributed by atoms with Crippen LogP contribution >= 0.6 is 22.9 Å². The first-order chi connectivity index (χ1) is 13.0. The van der Waals surface area contributed by atoms with Crippen LogP contribution in [0.2, 0.25) is 5.02 Å². The van der Waals surface area contributed by atoms with Gasteiger partial charge in [-0.05, 0) is 37.5 Å². The number of aryl methyl sites for hydroxylation is 1. The Morgan fingerprint density at radius 2 is 2.19 bits per heavy atom. The third-order valence-corrected chi connectivity index (χ3v) is 6.64. The normalized spacial score (nSPS) is 21.8. The standard InChI is InChI=1S/C20H24ClN3O2S/c1-14-18(27-13-22-14)9-24-11-20(12-24,8-15-2-4-16(21)5-3-15)19(25)23-17-6-7-26-10-17/h2-5,13,17H,6-12H2,1H3,(H,23,25). The minimum atomic E-state index is -0.394. The molecule has 1 aromatic heterocycles. The van der Waals surface area contributed by atoms with Gasteiger partial charge in [-0.3, -0.25) is 9.69 Å². The molecule has 3 heterocycles. The summed E-state index contributed by atoms with van der Waals surface area (Å²) in [5.41, 5.74) is 3.72. The van der Waals surface area contributed by atoms with Gasteiger partial charge in [0.2, 0.25) is 5.91 Å². The Bertz CT molecular complexity index is 796. The van der Waals surface area contributed by atoms with Crippen LogP contribution in [0.25, 0.3) is 0 Å². The molecule has 2 aliphatic rings. The molecule has 1 atom stereocenters. The van der Waals surface area contributed by atoms with E-state index >= 15 is 0 Å². The minimum Gasteiger partial charge on any atom is -0.379 e. The van der Waals surface area contributed by atoms with E-state index in [4.69, 9.17) is 16.3 Å². The van der Waals surface area contributed by atoms with E-state index in [1.54, 1.807) is 11.3 Å². The molecule has 1 unspecified atom stereocenters. The summed E-state index contributed by atoms with van der Waals surface area (Å²) in [6.45, 7) is 5.76. The van der Waals surface area contributed by atoms with Crippen molar-refractivity contribution < 1.29 is 9.53 Å². The Balaban J connectivity index is 1.46. The summed E-state index contributed by atoms with van der Waals surface area (Å²) in [5, 5.41) is 3.94. The zero-order valence-corrected chi connectivity index (χ0v) is 17.0. The Kier molecular flexibility index (Phi) is 5.50. The van der Waals surface area contributed by atoms with Gasteiger partial charge in [0.15, 0.2) is 0 Å². The van der Waals surface area contributed by atoms with Crippen molar-refractivity contribution >= 4 is 28.8 Å². The Labute approximate surface area is 168 Å². The van der Waals surface area contributed by atoms with Crippen LogP contribution in [0, 0.1) is 12.3 Å². The predicted octanol–water partition coefficient (Wildman–Crippen LogP) is 3.05. The number of carbonyl (C=O) groups is 1. The predicted molar refractivity (Wildman–Crippen MR) is 107 cm³/mol. The first kappa shape index (κ1) is 18.9. The highest BCUT2D eigenvalue weighted by Gasteiger charge is 2.49. The molecule has 1 N–H and O–H groups in total. The maximum atomic E-state index is 13.2. The summed E-state index contributed by atoms with van der Waals surface area (Å²) in [4.78, 5) is 21.1. The summed E-state index contributed by atoms with van der Waals surface area (Å²) in [7, 11) is 0. The highest BCUT2D eigenvalue weighted by Crippen LogP contribution is 2.37. The van der Waals surface area contributed by atoms with E-state index < -0.39 is 5.41 Å². The molecule has 4 rings (SSSR count). The number of benzene rings is 1. The maximum absolute atomic E-state index is 13.2. The van der Waals surface area contributed by atoms with Gasteiger partial charge in [-0.25, -0.2) is 4.98 Å². The topological polar surface area (TPSA) is 54.5 Å². The Hall–Kier alpha value is -1.47. The summed E-state index contributed by atoms with van der Waals surface area (Å²) >= 11 is 7.70. The third kappa shape index (κ3) is 4.19. The third-order valence-electron chi connectivity index (χ3n) is 5.47. The SMILES string of the molecule is Cc1ncsc1CN1CC(Cc2ccc(Cl)cc2)(C(=O)NC2CCOC2)C1. The number of hydrogen-bond donors (Lipinski definition) is 1.